The smallest absolute Gasteiger partial charge is 0.273 e. The van der Waals surface area contributed by atoms with Crippen molar-refractivity contribution in [3.05, 3.63) is 28.3 Å². The molecule has 1 aromatic rings. The molecular formula is C14H21N3O2. The third-order valence-electron chi connectivity index (χ3n) is 3.52. The van der Waals surface area contributed by atoms with E-state index in [1.807, 2.05) is 13.0 Å². The SMILES string of the molecule is CCNc1cc(N2CCCC(C)C2)cc([N+](=O)[O-])c1. The van der Waals surface area contributed by atoms with Crippen molar-refractivity contribution in [1.82, 2.24) is 0 Å². The zero-order valence-electron chi connectivity index (χ0n) is 11.6. The maximum Gasteiger partial charge on any atom is 0.273 e. The molecule has 0 aliphatic carbocycles. The molecule has 1 aromatic carbocycles. The monoisotopic (exact) mass is 263 g/mol. The first-order valence-corrected chi connectivity index (χ1v) is 6.88. The van der Waals surface area contributed by atoms with Gasteiger partial charge in [-0.3, -0.25) is 10.1 Å². The second kappa shape index (κ2) is 5.91. The van der Waals surface area contributed by atoms with Crippen molar-refractivity contribution in [2.75, 3.05) is 29.9 Å². The molecule has 1 fully saturated rings. The lowest BCUT2D eigenvalue weighted by Gasteiger charge is -2.32. The molecule has 1 atom stereocenters. The quantitative estimate of drug-likeness (QED) is 0.669. The average molecular weight is 263 g/mol. The topological polar surface area (TPSA) is 58.4 Å². The summed E-state index contributed by atoms with van der Waals surface area (Å²) in [5.74, 6) is 0.649. The molecular weight excluding hydrogens is 242 g/mol. The van der Waals surface area contributed by atoms with E-state index in [4.69, 9.17) is 0 Å². The highest BCUT2D eigenvalue weighted by molar-refractivity contribution is 5.64. The number of nitro benzene ring substituents is 1. The number of nitrogens with zero attached hydrogens (tertiary/aromatic N) is 2. The van der Waals surface area contributed by atoms with E-state index in [9.17, 15) is 10.1 Å². The summed E-state index contributed by atoms with van der Waals surface area (Å²) in [6.45, 7) is 6.94. The number of hydrogen-bond acceptors (Lipinski definition) is 4. The number of nitro groups is 1. The predicted octanol–water partition coefficient (Wildman–Crippen LogP) is 3.26. The van der Waals surface area contributed by atoms with Crippen LogP contribution in [0, 0.1) is 16.0 Å². The molecule has 0 bridgehead atoms. The van der Waals surface area contributed by atoms with Gasteiger partial charge in [-0.1, -0.05) is 6.92 Å². The van der Waals surface area contributed by atoms with Crippen LogP contribution >= 0.6 is 0 Å². The molecule has 5 heteroatoms. The molecule has 0 radical (unpaired) electrons. The summed E-state index contributed by atoms with van der Waals surface area (Å²) >= 11 is 0. The van der Waals surface area contributed by atoms with Crippen molar-refractivity contribution in [2.45, 2.75) is 26.7 Å². The number of anilines is 2. The van der Waals surface area contributed by atoms with E-state index < -0.39 is 0 Å². The Bertz CT molecular complexity index is 462. The molecule has 104 valence electrons. The molecule has 1 saturated heterocycles. The van der Waals surface area contributed by atoms with Crippen LogP contribution in [-0.4, -0.2) is 24.6 Å². The average Bonchev–Trinajstić information content (AvgIpc) is 2.38. The fraction of sp³-hybridized carbons (Fsp3) is 0.571. The van der Waals surface area contributed by atoms with Gasteiger partial charge in [0.25, 0.3) is 5.69 Å². The first-order chi connectivity index (χ1) is 9.10. The van der Waals surface area contributed by atoms with Crippen LogP contribution in [0.1, 0.15) is 26.7 Å². The van der Waals surface area contributed by atoms with Gasteiger partial charge in [0, 0.05) is 43.1 Å². The molecule has 1 unspecified atom stereocenters. The Balaban J connectivity index is 2.29. The summed E-state index contributed by atoms with van der Waals surface area (Å²) in [5.41, 5.74) is 1.94. The third-order valence-corrected chi connectivity index (χ3v) is 3.52. The molecule has 1 heterocycles. The zero-order valence-corrected chi connectivity index (χ0v) is 11.6. The maximum atomic E-state index is 11.0. The molecule has 2 rings (SSSR count). The lowest BCUT2D eigenvalue weighted by Crippen LogP contribution is -2.34. The number of piperidine rings is 1. The minimum atomic E-state index is -0.322. The summed E-state index contributed by atoms with van der Waals surface area (Å²) in [6, 6.07) is 5.29. The van der Waals surface area contributed by atoms with Crippen LogP contribution in [0.4, 0.5) is 17.1 Å². The lowest BCUT2D eigenvalue weighted by atomic mass is 9.99. The molecule has 0 saturated carbocycles. The third kappa shape index (κ3) is 3.36. The van der Waals surface area contributed by atoms with E-state index in [0.717, 1.165) is 37.4 Å². The normalized spacial score (nSPS) is 19.3. The van der Waals surface area contributed by atoms with Crippen molar-refractivity contribution in [1.29, 1.82) is 0 Å². The van der Waals surface area contributed by atoms with Gasteiger partial charge in [-0.2, -0.15) is 0 Å². The molecule has 0 amide bonds. The fourth-order valence-electron chi connectivity index (χ4n) is 2.61. The first kappa shape index (κ1) is 13.6. The molecule has 0 spiro atoms. The van der Waals surface area contributed by atoms with E-state index in [0.29, 0.717) is 5.92 Å². The zero-order chi connectivity index (χ0) is 13.8. The van der Waals surface area contributed by atoms with Gasteiger partial charge in [0.1, 0.15) is 0 Å². The standard InChI is InChI=1S/C14H21N3O2/c1-3-15-12-7-13(9-14(8-12)17(18)19)16-6-4-5-11(2)10-16/h7-9,11,15H,3-6,10H2,1-2H3. The molecule has 1 aliphatic rings. The Hall–Kier alpha value is -1.78. The Labute approximate surface area is 113 Å². The van der Waals surface area contributed by atoms with Crippen LogP contribution in [0.25, 0.3) is 0 Å². The van der Waals surface area contributed by atoms with Crippen molar-refractivity contribution in [2.24, 2.45) is 5.92 Å². The van der Waals surface area contributed by atoms with Gasteiger partial charge in [0.2, 0.25) is 0 Å². The van der Waals surface area contributed by atoms with Crippen molar-refractivity contribution >= 4 is 17.1 Å². The summed E-state index contributed by atoms with van der Waals surface area (Å²) in [6.07, 6.45) is 2.39. The van der Waals surface area contributed by atoms with Crippen LogP contribution in [0.5, 0.6) is 0 Å². The van der Waals surface area contributed by atoms with Crippen molar-refractivity contribution in [3.8, 4) is 0 Å². The van der Waals surface area contributed by atoms with Crippen LogP contribution in [0.3, 0.4) is 0 Å². The van der Waals surface area contributed by atoms with E-state index >= 15 is 0 Å². The van der Waals surface area contributed by atoms with Crippen LogP contribution in [0.2, 0.25) is 0 Å². The van der Waals surface area contributed by atoms with Gasteiger partial charge in [0.05, 0.1) is 4.92 Å². The van der Waals surface area contributed by atoms with Gasteiger partial charge in [-0.25, -0.2) is 0 Å². The molecule has 5 nitrogen and oxygen atoms in total. The van der Waals surface area contributed by atoms with Crippen LogP contribution in [0.15, 0.2) is 18.2 Å². The summed E-state index contributed by atoms with van der Waals surface area (Å²) in [4.78, 5) is 12.9. The highest BCUT2D eigenvalue weighted by atomic mass is 16.6. The van der Waals surface area contributed by atoms with Gasteiger partial charge in [0.15, 0.2) is 0 Å². The van der Waals surface area contributed by atoms with E-state index in [2.05, 4.69) is 17.1 Å². The fourth-order valence-corrected chi connectivity index (χ4v) is 2.61. The van der Waals surface area contributed by atoms with Gasteiger partial charge >= 0.3 is 0 Å². The van der Waals surface area contributed by atoms with Crippen LogP contribution in [-0.2, 0) is 0 Å². The van der Waals surface area contributed by atoms with Gasteiger partial charge in [-0.05, 0) is 31.7 Å². The Morgan fingerprint density at radius 3 is 2.89 bits per heavy atom. The number of nitrogens with one attached hydrogen (secondary N) is 1. The minimum Gasteiger partial charge on any atom is -0.385 e. The first-order valence-electron chi connectivity index (χ1n) is 6.88. The molecule has 1 N–H and O–H groups in total. The number of non-ortho nitro benzene ring substituents is 1. The van der Waals surface area contributed by atoms with E-state index in [1.54, 1.807) is 12.1 Å². The number of rotatable bonds is 4. The lowest BCUT2D eigenvalue weighted by molar-refractivity contribution is -0.384. The Kier molecular flexibility index (Phi) is 4.24. The molecule has 0 aromatic heterocycles. The second-order valence-electron chi connectivity index (χ2n) is 5.22. The van der Waals surface area contributed by atoms with Crippen LogP contribution < -0.4 is 10.2 Å². The van der Waals surface area contributed by atoms with Crippen molar-refractivity contribution < 1.29 is 4.92 Å². The Morgan fingerprint density at radius 1 is 1.47 bits per heavy atom. The number of hydrogen-bond donors (Lipinski definition) is 1. The minimum absolute atomic E-state index is 0.159. The maximum absolute atomic E-state index is 11.0. The summed E-state index contributed by atoms with van der Waals surface area (Å²) in [5, 5.41) is 14.2. The largest absolute Gasteiger partial charge is 0.385 e. The molecule has 1 aliphatic heterocycles. The summed E-state index contributed by atoms with van der Waals surface area (Å²) < 4.78 is 0. The number of benzene rings is 1. The highest BCUT2D eigenvalue weighted by Crippen LogP contribution is 2.30. The van der Waals surface area contributed by atoms with Gasteiger partial charge < -0.3 is 10.2 Å². The summed E-state index contributed by atoms with van der Waals surface area (Å²) in [7, 11) is 0. The van der Waals surface area contributed by atoms with Gasteiger partial charge in [-0.15, -0.1) is 0 Å². The second-order valence-corrected chi connectivity index (χ2v) is 5.22. The molecule has 19 heavy (non-hydrogen) atoms. The van der Waals surface area contributed by atoms with E-state index in [-0.39, 0.29) is 10.6 Å². The predicted molar refractivity (Wildman–Crippen MR) is 77.9 cm³/mol. The van der Waals surface area contributed by atoms with Crippen molar-refractivity contribution in [3.63, 3.8) is 0 Å². The highest BCUT2D eigenvalue weighted by Gasteiger charge is 2.19. The van der Waals surface area contributed by atoms with E-state index in [1.165, 1.54) is 6.42 Å². The Morgan fingerprint density at radius 2 is 2.26 bits per heavy atom.